The average Bonchev–Trinajstić information content (AvgIpc) is 2.95. The fraction of sp³-hybridized carbons (Fsp3) is 0.714. The fourth-order valence-electron chi connectivity index (χ4n) is 3.36. The topological polar surface area (TPSA) is 57.3 Å². The molecule has 5 nitrogen and oxygen atoms in total. The first kappa shape index (κ1) is 14.0. The van der Waals surface area contributed by atoms with E-state index in [1.165, 1.54) is 43.9 Å². The van der Waals surface area contributed by atoms with E-state index in [4.69, 9.17) is 0 Å². The molecule has 1 aromatic rings. The standard InChI is InChI=1S/C14H22N4OS/c1-9(19)15-14-17-12(8-20-14)7-18(2)13-5-10-3-4-11(6-13)16-10/h8,10-11,13,16H,3-7H2,1-2H3,(H,15,17,19). The number of fused-ring (bicyclic) bond motifs is 2. The molecule has 20 heavy (non-hydrogen) atoms. The molecule has 3 heterocycles. The molecule has 1 amide bonds. The number of carbonyl (C=O) groups is 1. The van der Waals surface area contributed by atoms with Crippen molar-refractivity contribution >= 4 is 22.4 Å². The number of hydrogen-bond acceptors (Lipinski definition) is 5. The first-order valence-electron chi connectivity index (χ1n) is 7.28. The molecule has 0 aromatic carbocycles. The molecule has 0 saturated carbocycles. The maximum Gasteiger partial charge on any atom is 0.223 e. The number of hydrogen-bond donors (Lipinski definition) is 2. The molecule has 3 rings (SSSR count). The summed E-state index contributed by atoms with van der Waals surface area (Å²) in [6, 6.07) is 2.08. The summed E-state index contributed by atoms with van der Waals surface area (Å²) < 4.78 is 0. The summed E-state index contributed by atoms with van der Waals surface area (Å²) in [5.41, 5.74) is 1.05. The smallest absolute Gasteiger partial charge is 0.223 e. The van der Waals surface area contributed by atoms with Gasteiger partial charge in [-0.15, -0.1) is 11.3 Å². The Balaban J connectivity index is 1.57. The summed E-state index contributed by atoms with van der Waals surface area (Å²) in [6.07, 6.45) is 5.15. The minimum atomic E-state index is -0.0609. The van der Waals surface area contributed by atoms with Gasteiger partial charge in [0.25, 0.3) is 0 Å². The maximum absolute atomic E-state index is 11.0. The number of amides is 1. The second kappa shape index (κ2) is 5.79. The van der Waals surface area contributed by atoms with Crippen molar-refractivity contribution in [3.05, 3.63) is 11.1 Å². The van der Waals surface area contributed by atoms with Crippen molar-refractivity contribution in [2.75, 3.05) is 12.4 Å². The molecule has 2 fully saturated rings. The van der Waals surface area contributed by atoms with E-state index in [1.807, 2.05) is 5.38 Å². The van der Waals surface area contributed by atoms with E-state index in [0.717, 1.165) is 12.2 Å². The van der Waals surface area contributed by atoms with Crippen LogP contribution in [0.1, 0.15) is 38.3 Å². The van der Waals surface area contributed by atoms with Crippen LogP contribution >= 0.6 is 11.3 Å². The van der Waals surface area contributed by atoms with E-state index in [9.17, 15) is 4.79 Å². The van der Waals surface area contributed by atoms with Crippen LogP contribution in [0.5, 0.6) is 0 Å². The molecule has 2 atom stereocenters. The number of thiazole rings is 1. The normalized spacial score (nSPS) is 28.9. The number of anilines is 1. The van der Waals surface area contributed by atoms with E-state index in [-0.39, 0.29) is 5.91 Å². The second-order valence-corrected chi connectivity index (χ2v) is 6.86. The minimum Gasteiger partial charge on any atom is -0.311 e. The first-order chi connectivity index (χ1) is 9.60. The molecule has 110 valence electrons. The highest BCUT2D eigenvalue weighted by molar-refractivity contribution is 7.13. The number of nitrogens with zero attached hydrogens (tertiary/aromatic N) is 2. The molecule has 1 aromatic heterocycles. The highest BCUT2D eigenvalue weighted by atomic mass is 32.1. The Kier molecular flexibility index (Phi) is 4.05. The van der Waals surface area contributed by atoms with E-state index >= 15 is 0 Å². The van der Waals surface area contributed by atoms with Crippen LogP contribution in [0.25, 0.3) is 0 Å². The number of carbonyl (C=O) groups excluding carboxylic acids is 1. The predicted octanol–water partition coefficient (Wildman–Crippen LogP) is 1.82. The van der Waals surface area contributed by atoms with Gasteiger partial charge in [0.1, 0.15) is 0 Å². The molecule has 6 heteroatoms. The third-order valence-electron chi connectivity index (χ3n) is 4.32. The molecule has 2 aliphatic heterocycles. The number of piperidine rings is 1. The summed E-state index contributed by atoms with van der Waals surface area (Å²) >= 11 is 1.50. The van der Waals surface area contributed by atoms with E-state index in [0.29, 0.717) is 23.3 Å². The molecular formula is C14H22N4OS. The molecule has 2 aliphatic rings. The second-order valence-electron chi connectivity index (χ2n) is 6.00. The van der Waals surface area contributed by atoms with Crippen LogP contribution in [0.3, 0.4) is 0 Å². The fourth-order valence-corrected chi connectivity index (χ4v) is 4.11. The van der Waals surface area contributed by atoms with Crippen LogP contribution in [0, 0.1) is 0 Å². The lowest BCUT2D eigenvalue weighted by Crippen LogP contribution is -2.46. The van der Waals surface area contributed by atoms with E-state index < -0.39 is 0 Å². The van der Waals surface area contributed by atoms with Crippen LogP contribution in [0.15, 0.2) is 5.38 Å². The van der Waals surface area contributed by atoms with Gasteiger partial charge in [-0.3, -0.25) is 9.69 Å². The van der Waals surface area contributed by atoms with Gasteiger partial charge in [0.05, 0.1) is 5.69 Å². The quantitative estimate of drug-likeness (QED) is 0.889. The Morgan fingerprint density at radius 3 is 2.85 bits per heavy atom. The number of nitrogens with one attached hydrogen (secondary N) is 2. The van der Waals surface area contributed by atoms with Gasteiger partial charge in [0, 0.05) is 37.0 Å². The predicted molar refractivity (Wildman–Crippen MR) is 80.9 cm³/mol. The van der Waals surface area contributed by atoms with Crippen LogP contribution < -0.4 is 10.6 Å². The third-order valence-corrected chi connectivity index (χ3v) is 5.12. The zero-order valence-corrected chi connectivity index (χ0v) is 12.9. The summed E-state index contributed by atoms with van der Waals surface area (Å²) in [4.78, 5) is 17.9. The number of rotatable bonds is 4. The Morgan fingerprint density at radius 2 is 2.20 bits per heavy atom. The summed E-state index contributed by atoms with van der Waals surface area (Å²) in [5.74, 6) is -0.0609. The molecule has 2 bridgehead atoms. The average molecular weight is 294 g/mol. The van der Waals surface area contributed by atoms with Gasteiger partial charge in [-0.2, -0.15) is 0 Å². The van der Waals surface area contributed by atoms with E-state index in [1.54, 1.807) is 0 Å². The van der Waals surface area contributed by atoms with Crippen LogP contribution in [-0.4, -0.2) is 41.0 Å². The van der Waals surface area contributed by atoms with Gasteiger partial charge in [0.2, 0.25) is 5.91 Å². The largest absolute Gasteiger partial charge is 0.311 e. The third kappa shape index (κ3) is 3.19. The lowest BCUT2D eigenvalue weighted by Gasteiger charge is -2.35. The van der Waals surface area contributed by atoms with Crippen LogP contribution in [0.4, 0.5) is 5.13 Å². The summed E-state index contributed by atoms with van der Waals surface area (Å²) in [6.45, 7) is 2.37. The van der Waals surface area contributed by atoms with Crippen LogP contribution in [0.2, 0.25) is 0 Å². The molecule has 2 saturated heterocycles. The van der Waals surface area contributed by atoms with Gasteiger partial charge in [0.15, 0.2) is 5.13 Å². The van der Waals surface area contributed by atoms with Crippen LogP contribution in [-0.2, 0) is 11.3 Å². The minimum absolute atomic E-state index is 0.0609. The number of aromatic nitrogens is 1. The molecule has 2 unspecified atom stereocenters. The van der Waals surface area contributed by atoms with Crippen molar-refractivity contribution in [3.8, 4) is 0 Å². The molecule has 0 spiro atoms. The lowest BCUT2D eigenvalue weighted by molar-refractivity contribution is -0.114. The van der Waals surface area contributed by atoms with Gasteiger partial charge < -0.3 is 10.6 Å². The zero-order valence-electron chi connectivity index (χ0n) is 12.1. The van der Waals surface area contributed by atoms with Crippen molar-refractivity contribution in [1.82, 2.24) is 15.2 Å². The Morgan fingerprint density at radius 1 is 1.50 bits per heavy atom. The maximum atomic E-state index is 11.0. The van der Waals surface area contributed by atoms with Gasteiger partial charge in [-0.05, 0) is 32.7 Å². The molecule has 0 aliphatic carbocycles. The van der Waals surface area contributed by atoms with Crippen molar-refractivity contribution in [3.63, 3.8) is 0 Å². The van der Waals surface area contributed by atoms with Gasteiger partial charge >= 0.3 is 0 Å². The van der Waals surface area contributed by atoms with Crippen molar-refractivity contribution in [2.24, 2.45) is 0 Å². The molecular weight excluding hydrogens is 272 g/mol. The highest BCUT2D eigenvalue weighted by Gasteiger charge is 2.35. The van der Waals surface area contributed by atoms with Crippen molar-refractivity contribution < 1.29 is 4.79 Å². The molecule has 2 N–H and O–H groups in total. The van der Waals surface area contributed by atoms with E-state index in [2.05, 4.69) is 27.6 Å². The Hall–Kier alpha value is -0.980. The highest BCUT2D eigenvalue weighted by Crippen LogP contribution is 2.30. The Labute approximate surface area is 123 Å². The monoisotopic (exact) mass is 294 g/mol. The summed E-state index contributed by atoms with van der Waals surface area (Å²) in [7, 11) is 2.19. The van der Waals surface area contributed by atoms with Crippen molar-refractivity contribution in [2.45, 2.75) is 57.3 Å². The lowest BCUT2D eigenvalue weighted by atomic mass is 9.98. The van der Waals surface area contributed by atoms with Crippen molar-refractivity contribution in [1.29, 1.82) is 0 Å². The van der Waals surface area contributed by atoms with Gasteiger partial charge in [-0.25, -0.2) is 4.98 Å². The first-order valence-corrected chi connectivity index (χ1v) is 8.16. The Bertz CT molecular complexity index is 477. The van der Waals surface area contributed by atoms with Gasteiger partial charge in [-0.1, -0.05) is 0 Å². The SMILES string of the molecule is CC(=O)Nc1nc(CN(C)C2CC3CCC(C2)N3)cs1. The zero-order chi connectivity index (χ0) is 14.1. The molecule has 0 radical (unpaired) electrons. The summed E-state index contributed by atoms with van der Waals surface area (Å²) in [5, 5.41) is 9.16.